The molecule has 1 aliphatic rings. The molecule has 2 heterocycles. The van der Waals surface area contributed by atoms with Gasteiger partial charge < -0.3 is 10.4 Å². The van der Waals surface area contributed by atoms with Gasteiger partial charge in [0, 0.05) is 17.6 Å². The van der Waals surface area contributed by atoms with Crippen molar-refractivity contribution in [3.8, 4) is 5.88 Å². The van der Waals surface area contributed by atoms with Crippen molar-refractivity contribution in [2.75, 3.05) is 0 Å². The maximum absolute atomic E-state index is 12.5. The molecule has 2 aromatic heterocycles. The molecule has 1 saturated carbocycles. The van der Waals surface area contributed by atoms with Crippen LogP contribution >= 0.6 is 11.3 Å². The molecule has 1 amide bonds. The summed E-state index contributed by atoms with van der Waals surface area (Å²) in [6, 6.07) is 0.00298. The van der Waals surface area contributed by atoms with Gasteiger partial charge in [-0.15, -0.1) is 11.3 Å². The molecule has 1 fully saturated rings. The number of rotatable bonds is 2. The van der Waals surface area contributed by atoms with Crippen LogP contribution in [-0.2, 0) is 0 Å². The van der Waals surface area contributed by atoms with E-state index in [1.165, 1.54) is 15.7 Å². The average Bonchev–Trinajstić information content (AvgIpc) is 2.84. The number of nitrogens with zero attached hydrogens (tertiary/aromatic N) is 2. The van der Waals surface area contributed by atoms with Gasteiger partial charge in [0.05, 0.1) is 0 Å². The molecular weight excluding hydrogens is 314 g/mol. The molecule has 0 aromatic carbocycles. The summed E-state index contributed by atoms with van der Waals surface area (Å²) < 4.78 is 1.28. The number of thiazole rings is 1. The Bertz CT molecular complexity index is 808. The topological polar surface area (TPSA) is 83.7 Å². The number of hydrogen-bond donors (Lipinski definition) is 2. The van der Waals surface area contributed by atoms with Gasteiger partial charge in [-0.2, -0.15) is 4.98 Å². The first-order valence-corrected chi connectivity index (χ1v) is 8.64. The largest absolute Gasteiger partial charge is 0.492 e. The van der Waals surface area contributed by atoms with Crippen LogP contribution in [-0.4, -0.2) is 26.4 Å². The Kier molecular flexibility index (Phi) is 3.91. The van der Waals surface area contributed by atoms with Crippen molar-refractivity contribution in [2.45, 2.75) is 46.1 Å². The van der Waals surface area contributed by atoms with Crippen LogP contribution in [0.4, 0.5) is 0 Å². The van der Waals surface area contributed by atoms with E-state index in [4.69, 9.17) is 0 Å². The third-order valence-electron chi connectivity index (χ3n) is 4.40. The Hall–Kier alpha value is -1.89. The third-order valence-corrected chi connectivity index (χ3v) is 5.15. The molecule has 0 saturated heterocycles. The second-order valence-electron chi connectivity index (χ2n) is 7.25. The second-order valence-corrected chi connectivity index (χ2v) is 8.13. The monoisotopic (exact) mass is 335 g/mol. The standard InChI is InChI=1S/C16H21N3O3S/c1-9-6-10(8-16(2,3)7-9)17-12(20)11-13(21)18-15-19(14(11)22)4-5-23-15/h4-5,9-10,21H,6-8H2,1-3H3,(H,17,20)/t9-,10-/m0/s1. The van der Waals surface area contributed by atoms with Gasteiger partial charge in [0.15, 0.2) is 10.5 Å². The van der Waals surface area contributed by atoms with Crippen molar-refractivity contribution in [3.05, 3.63) is 27.5 Å². The summed E-state index contributed by atoms with van der Waals surface area (Å²) in [5.74, 6) is -0.537. The van der Waals surface area contributed by atoms with Gasteiger partial charge in [-0.3, -0.25) is 14.0 Å². The van der Waals surface area contributed by atoms with E-state index in [1.54, 1.807) is 11.6 Å². The molecule has 0 radical (unpaired) electrons. The highest BCUT2D eigenvalue weighted by Crippen LogP contribution is 2.38. The van der Waals surface area contributed by atoms with Crippen LogP contribution in [0.25, 0.3) is 4.96 Å². The Morgan fingerprint density at radius 1 is 1.48 bits per heavy atom. The van der Waals surface area contributed by atoms with E-state index in [-0.39, 0.29) is 17.0 Å². The first kappa shape index (κ1) is 16.0. The fraction of sp³-hybridized carbons (Fsp3) is 0.562. The fourth-order valence-corrected chi connectivity index (χ4v) is 4.48. The van der Waals surface area contributed by atoms with Gasteiger partial charge >= 0.3 is 0 Å². The number of aromatic hydroxyl groups is 1. The number of amides is 1. The molecule has 0 unspecified atom stereocenters. The Balaban J connectivity index is 1.88. The minimum Gasteiger partial charge on any atom is -0.492 e. The quantitative estimate of drug-likeness (QED) is 0.883. The van der Waals surface area contributed by atoms with Gasteiger partial charge in [-0.05, 0) is 30.6 Å². The minimum absolute atomic E-state index is 0.00298. The zero-order valence-electron chi connectivity index (χ0n) is 13.5. The summed E-state index contributed by atoms with van der Waals surface area (Å²) in [7, 11) is 0. The predicted molar refractivity (Wildman–Crippen MR) is 89.1 cm³/mol. The highest BCUT2D eigenvalue weighted by atomic mass is 32.1. The lowest BCUT2D eigenvalue weighted by molar-refractivity contribution is 0.0869. The van der Waals surface area contributed by atoms with Crippen molar-refractivity contribution >= 4 is 22.2 Å². The zero-order valence-corrected chi connectivity index (χ0v) is 14.3. The molecule has 2 aromatic rings. The summed E-state index contributed by atoms with van der Waals surface area (Å²) in [5, 5.41) is 14.6. The number of carbonyl (C=O) groups is 1. The summed E-state index contributed by atoms with van der Waals surface area (Å²) >= 11 is 1.23. The predicted octanol–water partition coefficient (Wildman–Crippen LogP) is 2.41. The lowest BCUT2D eigenvalue weighted by atomic mass is 9.70. The average molecular weight is 335 g/mol. The number of nitrogens with one attached hydrogen (secondary N) is 1. The molecule has 7 heteroatoms. The van der Waals surface area contributed by atoms with Gasteiger partial charge in [0.1, 0.15) is 0 Å². The minimum atomic E-state index is -0.546. The third kappa shape index (κ3) is 3.10. The Labute approximate surface area is 138 Å². The summed E-state index contributed by atoms with van der Waals surface area (Å²) in [6.07, 6.45) is 4.41. The van der Waals surface area contributed by atoms with Crippen LogP contribution in [0, 0.1) is 11.3 Å². The van der Waals surface area contributed by atoms with E-state index < -0.39 is 17.3 Å². The van der Waals surface area contributed by atoms with Crippen molar-refractivity contribution in [1.29, 1.82) is 0 Å². The maximum atomic E-state index is 12.5. The van der Waals surface area contributed by atoms with Crippen LogP contribution in [0.5, 0.6) is 5.88 Å². The van der Waals surface area contributed by atoms with Crippen molar-refractivity contribution in [1.82, 2.24) is 14.7 Å². The molecule has 124 valence electrons. The molecule has 3 rings (SSSR count). The number of hydrogen-bond acceptors (Lipinski definition) is 5. The first-order chi connectivity index (χ1) is 10.8. The van der Waals surface area contributed by atoms with Crippen molar-refractivity contribution in [3.63, 3.8) is 0 Å². The lowest BCUT2D eigenvalue weighted by Gasteiger charge is -2.39. The Morgan fingerprint density at radius 3 is 2.91 bits per heavy atom. The van der Waals surface area contributed by atoms with Gasteiger partial charge in [-0.1, -0.05) is 20.8 Å². The molecule has 0 spiro atoms. The lowest BCUT2D eigenvalue weighted by Crippen LogP contribution is -2.44. The van der Waals surface area contributed by atoms with E-state index in [1.807, 2.05) is 0 Å². The fourth-order valence-electron chi connectivity index (χ4n) is 3.78. The number of carbonyl (C=O) groups excluding carboxylic acids is 1. The van der Waals surface area contributed by atoms with Crippen LogP contribution in [0.1, 0.15) is 50.4 Å². The summed E-state index contributed by atoms with van der Waals surface area (Å²) in [6.45, 7) is 6.55. The van der Waals surface area contributed by atoms with Crippen molar-refractivity contribution < 1.29 is 9.90 Å². The molecule has 6 nitrogen and oxygen atoms in total. The van der Waals surface area contributed by atoms with Crippen LogP contribution in [0.2, 0.25) is 0 Å². The molecule has 23 heavy (non-hydrogen) atoms. The first-order valence-electron chi connectivity index (χ1n) is 7.76. The molecule has 0 bridgehead atoms. The van der Waals surface area contributed by atoms with E-state index in [9.17, 15) is 14.7 Å². The maximum Gasteiger partial charge on any atom is 0.275 e. The van der Waals surface area contributed by atoms with E-state index in [2.05, 4.69) is 31.1 Å². The van der Waals surface area contributed by atoms with Crippen LogP contribution in [0.15, 0.2) is 16.4 Å². The SMILES string of the molecule is C[C@H]1C[C@H](NC(=O)c2c(O)nc3sccn3c2=O)CC(C)(C)C1. The van der Waals surface area contributed by atoms with Gasteiger partial charge in [-0.25, -0.2) is 0 Å². The van der Waals surface area contributed by atoms with E-state index in [0.29, 0.717) is 10.9 Å². The van der Waals surface area contributed by atoms with Crippen molar-refractivity contribution in [2.24, 2.45) is 11.3 Å². The molecule has 2 atom stereocenters. The second kappa shape index (κ2) is 5.63. The molecule has 2 N–H and O–H groups in total. The van der Waals surface area contributed by atoms with Crippen LogP contribution < -0.4 is 10.9 Å². The Morgan fingerprint density at radius 2 is 2.22 bits per heavy atom. The normalized spacial score (nSPS) is 23.8. The molecule has 1 aliphatic carbocycles. The number of aromatic nitrogens is 2. The van der Waals surface area contributed by atoms with Gasteiger partial charge in [0.25, 0.3) is 11.5 Å². The molecule has 0 aliphatic heterocycles. The van der Waals surface area contributed by atoms with Crippen LogP contribution in [0.3, 0.4) is 0 Å². The smallest absolute Gasteiger partial charge is 0.275 e. The highest BCUT2D eigenvalue weighted by molar-refractivity contribution is 7.15. The summed E-state index contributed by atoms with van der Waals surface area (Å²) in [5.41, 5.74) is -0.659. The summed E-state index contributed by atoms with van der Waals surface area (Å²) in [4.78, 5) is 29.2. The zero-order chi connectivity index (χ0) is 16.8. The van der Waals surface area contributed by atoms with E-state index in [0.717, 1.165) is 19.3 Å². The van der Waals surface area contributed by atoms with E-state index >= 15 is 0 Å². The highest BCUT2D eigenvalue weighted by Gasteiger charge is 2.33. The van der Waals surface area contributed by atoms with Gasteiger partial charge in [0.2, 0.25) is 5.88 Å². The molecular formula is C16H21N3O3S. The number of fused-ring (bicyclic) bond motifs is 1.